The van der Waals surface area contributed by atoms with Crippen molar-refractivity contribution in [1.82, 2.24) is 4.98 Å². The van der Waals surface area contributed by atoms with E-state index in [9.17, 15) is 0 Å². The normalized spacial score (nSPS) is 11.0. The number of fused-ring (bicyclic) bond motifs is 1. The lowest BCUT2D eigenvalue weighted by Crippen LogP contribution is -1.90. The zero-order valence-electron chi connectivity index (χ0n) is 12.6. The van der Waals surface area contributed by atoms with Crippen molar-refractivity contribution in [3.05, 3.63) is 65.9 Å². The van der Waals surface area contributed by atoms with Gasteiger partial charge in [0.15, 0.2) is 11.5 Å². The maximum Gasteiger partial charge on any atom is 0.161 e. The molecule has 2 aromatic carbocycles. The number of ether oxygens (including phenoxy) is 2. The molecule has 22 heavy (non-hydrogen) atoms. The predicted octanol–water partition coefficient (Wildman–Crippen LogP) is 4.42. The lowest BCUT2D eigenvalue weighted by Gasteiger charge is -2.07. The first-order valence-electron chi connectivity index (χ1n) is 7.06. The molecule has 0 spiro atoms. The van der Waals surface area contributed by atoms with Gasteiger partial charge >= 0.3 is 0 Å². The Labute approximate surface area is 129 Å². The fraction of sp³-hybridized carbons (Fsp3) is 0.105. The number of nitrogens with zero attached hydrogens (tertiary/aromatic N) is 1. The standard InChI is InChI=1S/C19H17NO2/c1-21-18-12-8-14(13-19(18)22-2)7-10-16-11-9-15-5-3-4-6-17(15)20-16/h3-13H,1-2H3/b10-7-. The third-order valence-electron chi connectivity index (χ3n) is 3.47. The average Bonchev–Trinajstić information content (AvgIpc) is 2.59. The Bertz CT molecular complexity index is 825. The molecule has 0 radical (unpaired) electrons. The maximum absolute atomic E-state index is 5.31. The second kappa shape index (κ2) is 6.31. The van der Waals surface area contributed by atoms with Crippen LogP contribution in [0, 0.1) is 0 Å². The molecule has 110 valence electrons. The van der Waals surface area contributed by atoms with Crippen LogP contribution in [0.15, 0.2) is 54.6 Å². The number of aromatic nitrogens is 1. The van der Waals surface area contributed by atoms with Crippen LogP contribution in [-0.2, 0) is 0 Å². The zero-order chi connectivity index (χ0) is 15.4. The molecule has 0 saturated carbocycles. The van der Waals surface area contributed by atoms with Crippen molar-refractivity contribution in [2.75, 3.05) is 14.2 Å². The Hall–Kier alpha value is -2.81. The minimum absolute atomic E-state index is 0.719. The molecule has 0 atom stereocenters. The lowest BCUT2D eigenvalue weighted by atomic mass is 10.1. The molecule has 1 aromatic heterocycles. The summed E-state index contributed by atoms with van der Waals surface area (Å²) in [5, 5.41) is 1.14. The van der Waals surface area contributed by atoms with Gasteiger partial charge in [0, 0.05) is 5.39 Å². The van der Waals surface area contributed by atoms with Crippen LogP contribution in [0.1, 0.15) is 11.3 Å². The van der Waals surface area contributed by atoms with Crippen LogP contribution in [0.25, 0.3) is 23.1 Å². The summed E-state index contributed by atoms with van der Waals surface area (Å²) in [6.45, 7) is 0. The topological polar surface area (TPSA) is 31.4 Å². The largest absolute Gasteiger partial charge is 0.493 e. The van der Waals surface area contributed by atoms with Crippen molar-refractivity contribution in [3.8, 4) is 11.5 Å². The third-order valence-corrected chi connectivity index (χ3v) is 3.47. The van der Waals surface area contributed by atoms with Crippen molar-refractivity contribution in [3.63, 3.8) is 0 Å². The first kappa shape index (κ1) is 14.1. The Morgan fingerprint density at radius 2 is 1.64 bits per heavy atom. The molecule has 0 N–H and O–H groups in total. The number of hydrogen-bond acceptors (Lipinski definition) is 3. The highest BCUT2D eigenvalue weighted by atomic mass is 16.5. The van der Waals surface area contributed by atoms with Crippen LogP contribution < -0.4 is 9.47 Å². The molecule has 0 aliphatic carbocycles. The van der Waals surface area contributed by atoms with E-state index in [1.165, 1.54) is 0 Å². The van der Waals surface area contributed by atoms with E-state index in [4.69, 9.17) is 9.47 Å². The average molecular weight is 291 g/mol. The quantitative estimate of drug-likeness (QED) is 0.713. The summed E-state index contributed by atoms with van der Waals surface area (Å²) < 4.78 is 10.6. The predicted molar refractivity (Wildman–Crippen MR) is 90.2 cm³/mol. The van der Waals surface area contributed by atoms with Crippen LogP contribution in [0.3, 0.4) is 0 Å². The molecule has 0 bridgehead atoms. The van der Waals surface area contributed by atoms with E-state index in [1.807, 2.05) is 54.6 Å². The second-order valence-electron chi connectivity index (χ2n) is 4.88. The molecule has 0 amide bonds. The van der Waals surface area contributed by atoms with Crippen molar-refractivity contribution >= 4 is 23.1 Å². The van der Waals surface area contributed by atoms with Crippen LogP contribution in [0.4, 0.5) is 0 Å². The van der Waals surface area contributed by atoms with Crippen molar-refractivity contribution in [1.29, 1.82) is 0 Å². The second-order valence-corrected chi connectivity index (χ2v) is 4.88. The van der Waals surface area contributed by atoms with E-state index in [2.05, 4.69) is 17.1 Å². The van der Waals surface area contributed by atoms with Gasteiger partial charge in [-0.1, -0.05) is 36.4 Å². The van der Waals surface area contributed by atoms with Crippen LogP contribution in [0.5, 0.6) is 11.5 Å². The van der Waals surface area contributed by atoms with Gasteiger partial charge in [0.1, 0.15) is 0 Å². The summed E-state index contributed by atoms with van der Waals surface area (Å²) in [6.07, 6.45) is 4.01. The number of methoxy groups -OCH3 is 2. The number of pyridine rings is 1. The first-order chi connectivity index (χ1) is 10.8. The summed E-state index contributed by atoms with van der Waals surface area (Å²) >= 11 is 0. The smallest absolute Gasteiger partial charge is 0.161 e. The Morgan fingerprint density at radius 3 is 2.45 bits per heavy atom. The number of benzene rings is 2. The summed E-state index contributed by atoms with van der Waals surface area (Å²) in [4.78, 5) is 4.62. The molecule has 0 aliphatic heterocycles. The molecule has 3 rings (SSSR count). The van der Waals surface area contributed by atoms with E-state index in [0.29, 0.717) is 0 Å². The highest BCUT2D eigenvalue weighted by molar-refractivity contribution is 5.80. The molecule has 0 unspecified atom stereocenters. The van der Waals surface area contributed by atoms with E-state index >= 15 is 0 Å². The Kier molecular flexibility index (Phi) is 4.05. The molecule has 0 aliphatic rings. The third kappa shape index (κ3) is 2.93. The summed E-state index contributed by atoms with van der Waals surface area (Å²) in [6, 6.07) is 18.0. The van der Waals surface area contributed by atoms with Gasteiger partial charge in [-0.05, 0) is 35.9 Å². The molecule has 0 fully saturated rings. The van der Waals surface area contributed by atoms with Crippen molar-refractivity contribution in [2.45, 2.75) is 0 Å². The monoisotopic (exact) mass is 291 g/mol. The summed E-state index contributed by atoms with van der Waals surface area (Å²) in [7, 11) is 3.27. The first-order valence-corrected chi connectivity index (χ1v) is 7.06. The fourth-order valence-electron chi connectivity index (χ4n) is 2.31. The van der Waals surface area contributed by atoms with E-state index in [-0.39, 0.29) is 0 Å². The highest BCUT2D eigenvalue weighted by Gasteiger charge is 2.02. The number of hydrogen-bond donors (Lipinski definition) is 0. The number of rotatable bonds is 4. The zero-order valence-corrected chi connectivity index (χ0v) is 12.6. The molecule has 3 nitrogen and oxygen atoms in total. The van der Waals surface area contributed by atoms with Gasteiger partial charge in [-0.3, -0.25) is 0 Å². The van der Waals surface area contributed by atoms with Gasteiger partial charge in [-0.15, -0.1) is 0 Å². The summed E-state index contributed by atoms with van der Waals surface area (Å²) in [5.74, 6) is 1.44. The number of para-hydroxylation sites is 1. The lowest BCUT2D eigenvalue weighted by molar-refractivity contribution is 0.355. The van der Waals surface area contributed by atoms with E-state index in [1.54, 1.807) is 14.2 Å². The molecule has 1 heterocycles. The van der Waals surface area contributed by atoms with Gasteiger partial charge in [0.25, 0.3) is 0 Å². The molecular weight excluding hydrogens is 274 g/mol. The Morgan fingerprint density at radius 1 is 0.818 bits per heavy atom. The van der Waals surface area contributed by atoms with Crippen molar-refractivity contribution < 1.29 is 9.47 Å². The van der Waals surface area contributed by atoms with E-state index in [0.717, 1.165) is 33.7 Å². The van der Waals surface area contributed by atoms with Crippen molar-refractivity contribution in [2.24, 2.45) is 0 Å². The van der Waals surface area contributed by atoms with Gasteiger partial charge in [-0.25, -0.2) is 4.98 Å². The minimum atomic E-state index is 0.719. The van der Waals surface area contributed by atoms with Gasteiger partial charge in [0.2, 0.25) is 0 Å². The highest BCUT2D eigenvalue weighted by Crippen LogP contribution is 2.28. The maximum atomic E-state index is 5.31. The molecular formula is C19H17NO2. The van der Waals surface area contributed by atoms with Crippen LogP contribution in [-0.4, -0.2) is 19.2 Å². The minimum Gasteiger partial charge on any atom is -0.493 e. The van der Waals surface area contributed by atoms with Gasteiger partial charge in [-0.2, -0.15) is 0 Å². The molecule has 0 saturated heterocycles. The fourth-order valence-corrected chi connectivity index (χ4v) is 2.31. The van der Waals surface area contributed by atoms with Gasteiger partial charge in [0.05, 0.1) is 25.4 Å². The molecule has 3 heteroatoms. The van der Waals surface area contributed by atoms with Gasteiger partial charge < -0.3 is 9.47 Å². The Balaban J connectivity index is 1.89. The summed E-state index contributed by atoms with van der Waals surface area (Å²) in [5.41, 5.74) is 2.96. The van der Waals surface area contributed by atoms with E-state index < -0.39 is 0 Å². The van der Waals surface area contributed by atoms with Crippen LogP contribution >= 0.6 is 0 Å². The molecule has 3 aromatic rings. The SMILES string of the molecule is COc1ccc(/C=C\c2ccc3ccccc3n2)cc1OC. The van der Waals surface area contributed by atoms with Crippen LogP contribution in [0.2, 0.25) is 0 Å².